The van der Waals surface area contributed by atoms with Crippen LogP contribution in [0.4, 0.5) is 4.39 Å². The molecule has 0 amide bonds. The first-order chi connectivity index (χ1) is 7.59. The van der Waals surface area contributed by atoms with Gasteiger partial charge in [-0.25, -0.2) is 18.0 Å². The lowest BCUT2D eigenvalue weighted by Crippen LogP contribution is -2.34. The molecule has 88 valence electrons. The summed E-state index contributed by atoms with van der Waals surface area (Å²) in [4.78, 5) is 0. The van der Waals surface area contributed by atoms with Crippen molar-refractivity contribution >= 4 is 11.2 Å². The maximum atomic E-state index is 13.0. The topological polar surface area (TPSA) is 55.6 Å². The van der Waals surface area contributed by atoms with Gasteiger partial charge in [-0.1, -0.05) is 6.07 Å². The largest absolute Gasteiger partial charge is 0.493 e. The second-order valence-corrected chi connectivity index (χ2v) is 4.79. The molecule has 1 heterocycles. The summed E-state index contributed by atoms with van der Waals surface area (Å²) in [5, 5.41) is 5.34. The Morgan fingerprint density at radius 2 is 2.38 bits per heavy atom. The quantitative estimate of drug-likeness (QED) is 0.847. The maximum absolute atomic E-state index is 13.0. The molecule has 0 aromatic heterocycles. The van der Waals surface area contributed by atoms with Gasteiger partial charge in [0.05, 0.1) is 12.6 Å². The number of rotatable bonds is 2. The van der Waals surface area contributed by atoms with Gasteiger partial charge in [0.1, 0.15) is 11.6 Å². The van der Waals surface area contributed by atoms with Crippen molar-refractivity contribution in [1.82, 2.24) is 4.31 Å². The predicted octanol–water partition coefficient (Wildman–Crippen LogP) is 1.12. The molecule has 1 aromatic carbocycles. The van der Waals surface area contributed by atoms with Crippen LogP contribution in [0.2, 0.25) is 0 Å². The molecule has 0 fully saturated rings. The molecular weight excluding hydrogens is 231 g/mol. The van der Waals surface area contributed by atoms with Crippen molar-refractivity contribution in [3.8, 4) is 5.75 Å². The summed E-state index contributed by atoms with van der Waals surface area (Å²) in [6, 6.07) is 4.27. The molecule has 2 unspecified atom stereocenters. The summed E-state index contributed by atoms with van der Waals surface area (Å²) >= 11 is -1.54. The van der Waals surface area contributed by atoms with Gasteiger partial charge in [-0.2, -0.15) is 0 Å². The Bertz CT molecular complexity index is 427. The van der Waals surface area contributed by atoms with Crippen LogP contribution in [0.1, 0.15) is 18.0 Å². The van der Waals surface area contributed by atoms with E-state index in [1.807, 2.05) is 0 Å². The van der Waals surface area contributed by atoms with Gasteiger partial charge in [0, 0.05) is 25.1 Å². The molecule has 0 saturated heterocycles. The van der Waals surface area contributed by atoms with E-state index in [9.17, 15) is 8.60 Å². The van der Waals surface area contributed by atoms with Crippen LogP contribution < -0.4 is 9.88 Å². The monoisotopic (exact) mass is 244 g/mol. The van der Waals surface area contributed by atoms with Crippen LogP contribution in [0.15, 0.2) is 18.2 Å². The third kappa shape index (κ3) is 2.09. The first-order valence-corrected chi connectivity index (χ1v) is 6.08. The number of halogens is 1. The normalized spacial score (nSPS) is 21.4. The lowest BCUT2D eigenvalue weighted by atomic mass is 10.0. The van der Waals surface area contributed by atoms with Crippen LogP contribution in [0.25, 0.3) is 0 Å². The minimum absolute atomic E-state index is 0.0878. The van der Waals surface area contributed by atoms with Crippen LogP contribution in [-0.4, -0.2) is 22.2 Å². The van der Waals surface area contributed by atoms with Crippen LogP contribution in [0.5, 0.6) is 5.75 Å². The Balaban J connectivity index is 2.36. The van der Waals surface area contributed by atoms with E-state index in [1.165, 1.54) is 12.1 Å². The smallest absolute Gasteiger partial charge is 0.167 e. The minimum atomic E-state index is -1.54. The van der Waals surface area contributed by atoms with E-state index in [1.54, 1.807) is 17.4 Å². The van der Waals surface area contributed by atoms with Gasteiger partial charge in [0.15, 0.2) is 11.2 Å². The lowest BCUT2D eigenvalue weighted by molar-refractivity contribution is 0.223. The molecule has 4 nitrogen and oxygen atoms in total. The highest BCUT2D eigenvalue weighted by Crippen LogP contribution is 2.35. The zero-order valence-electron chi connectivity index (χ0n) is 8.85. The van der Waals surface area contributed by atoms with Crippen LogP contribution in [0, 0.1) is 5.82 Å². The molecule has 2 N–H and O–H groups in total. The molecule has 6 heteroatoms. The molecule has 1 aliphatic heterocycles. The van der Waals surface area contributed by atoms with Crippen molar-refractivity contribution in [2.45, 2.75) is 12.5 Å². The van der Waals surface area contributed by atoms with Crippen molar-refractivity contribution in [3.05, 3.63) is 29.6 Å². The van der Waals surface area contributed by atoms with Gasteiger partial charge in [-0.15, -0.1) is 0 Å². The third-order valence-electron chi connectivity index (χ3n) is 2.71. The number of nitrogens with two attached hydrogens (primary N) is 1. The van der Waals surface area contributed by atoms with E-state index in [0.717, 1.165) is 5.56 Å². The summed E-state index contributed by atoms with van der Waals surface area (Å²) in [6.07, 6.45) is 0.693. The Hall–Kier alpha value is -0.980. The lowest BCUT2D eigenvalue weighted by Gasteiger charge is -2.30. The SMILES string of the molecule is CN(C1CCOc2cc(F)ccc21)S(N)=O. The molecule has 0 radical (unpaired) electrons. The number of benzene rings is 1. The zero-order chi connectivity index (χ0) is 11.7. The molecule has 2 atom stereocenters. The van der Waals surface area contributed by atoms with Crippen molar-refractivity contribution in [1.29, 1.82) is 0 Å². The highest BCUT2D eigenvalue weighted by atomic mass is 32.2. The second-order valence-electron chi connectivity index (χ2n) is 3.66. The van der Waals surface area contributed by atoms with Crippen molar-refractivity contribution < 1.29 is 13.3 Å². The summed E-state index contributed by atoms with van der Waals surface area (Å²) in [5.41, 5.74) is 0.828. The highest BCUT2D eigenvalue weighted by Gasteiger charge is 2.27. The first-order valence-electron chi connectivity index (χ1n) is 4.91. The summed E-state index contributed by atoms with van der Waals surface area (Å²) in [5.74, 6) is 0.171. The van der Waals surface area contributed by atoms with Crippen molar-refractivity contribution in [3.63, 3.8) is 0 Å². The molecule has 0 spiro atoms. The Kier molecular flexibility index (Phi) is 3.22. The number of ether oxygens (including phenoxy) is 1. The summed E-state index contributed by atoms with van der Waals surface area (Å²) in [7, 11) is 1.68. The molecule has 2 rings (SSSR count). The molecule has 0 aliphatic carbocycles. The van der Waals surface area contributed by atoms with Gasteiger partial charge in [-0.05, 0) is 6.07 Å². The van der Waals surface area contributed by atoms with Gasteiger partial charge < -0.3 is 4.74 Å². The van der Waals surface area contributed by atoms with Crippen LogP contribution in [-0.2, 0) is 11.2 Å². The Labute approximate surface area is 95.9 Å². The number of hydrogen-bond acceptors (Lipinski definition) is 2. The molecule has 1 aliphatic rings. The number of fused-ring (bicyclic) bond motifs is 1. The van der Waals surface area contributed by atoms with E-state index in [2.05, 4.69) is 0 Å². The second kappa shape index (κ2) is 4.48. The Morgan fingerprint density at radius 3 is 3.06 bits per heavy atom. The standard InChI is InChI=1S/C10H13FN2O2S/c1-13(16(12)14)9-4-5-15-10-6-7(11)2-3-8(9)10/h2-3,6,9H,4-5,12H2,1H3. The molecule has 16 heavy (non-hydrogen) atoms. The van der Waals surface area contributed by atoms with E-state index in [-0.39, 0.29) is 11.9 Å². The van der Waals surface area contributed by atoms with Crippen LogP contribution in [0.3, 0.4) is 0 Å². The van der Waals surface area contributed by atoms with Crippen molar-refractivity contribution in [2.24, 2.45) is 5.14 Å². The van der Waals surface area contributed by atoms with Gasteiger partial charge in [-0.3, -0.25) is 0 Å². The van der Waals surface area contributed by atoms with Crippen LogP contribution >= 0.6 is 0 Å². The van der Waals surface area contributed by atoms with Gasteiger partial charge in [0.2, 0.25) is 0 Å². The fourth-order valence-corrected chi connectivity index (χ4v) is 2.32. The third-order valence-corrected chi connectivity index (χ3v) is 3.53. The van der Waals surface area contributed by atoms with E-state index in [0.29, 0.717) is 18.8 Å². The molecule has 1 aromatic rings. The zero-order valence-corrected chi connectivity index (χ0v) is 9.67. The van der Waals surface area contributed by atoms with Crippen molar-refractivity contribution in [2.75, 3.05) is 13.7 Å². The fraction of sp³-hybridized carbons (Fsp3) is 0.400. The van der Waals surface area contributed by atoms with Gasteiger partial charge in [0.25, 0.3) is 0 Å². The van der Waals surface area contributed by atoms with Gasteiger partial charge >= 0.3 is 0 Å². The number of nitrogens with zero attached hydrogens (tertiary/aromatic N) is 1. The summed E-state index contributed by atoms with van der Waals surface area (Å²) < 4.78 is 31.1. The molecule has 0 bridgehead atoms. The van der Waals surface area contributed by atoms with E-state index >= 15 is 0 Å². The predicted molar refractivity (Wildman–Crippen MR) is 59.3 cm³/mol. The van der Waals surface area contributed by atoms with E-state index in [4.69, 9.17) is 9.88 Å². The first kappa shape index (κ1) is 11.5. The highest BCUT2D eigenvalue weighted by molar-refractivity contribution is 7.80. The fourth-order valence-electron chi connectivity index (χ4n) is 1.85. The average molecular weight is 244 g/mol. The maximum Gasteiger partial charge on any atom is 0.167 e. The van der Waals surface area contributed by atoms with E-state index < -0.39 is 11.2 Å². The minimum Gasteiger partial charge on any atom is -0.493 e. The Morgan fingerprint density at radius 1 is 1.62 bits per heavy atom. The summed E-state index contributed by atoms with van der Waals surface area (Å²) in [6.45, 7) is 0.475. The number of hydrogen-bond donors (Lipinski definition) is 1. The molecule has 0 saturated carbocycles. The molecular formula is C10H13FN2O2S. The average Bonchev–Trinajstić information content (AvgIpc) is 2.26.